The fourth-order valence-corrected chi connectivity index (χ4v) is 5.71. The van der Waals surface area contributed by atoms with E-state index in [0.29, 0.717) is 34.8 Å². The molecule has 198 valence electrons. The van der Waals surface area contributed by atoms with Gasteiger partial charge in [-0.1, -0.05) is 55.5 Å². The molecule has 0 saturated heterocycles. The van der Waals surface area contributed by atoms with E-state index in [1.807, 2.05) is 66.7 Å². The summed E-state index contributed by atoms with van der Waals surface area (Å²) >= 11 is 0. The molecule has 0 spiro atoms. The highest BCUT2D eigenvalue weighted by molar-refractivity contribution is 5.89. The van der Waals surface area contributed by atoms with Crippen LogP contribution in [0.1, 0.15) is 30.0 Å². The van der Waals surface area contributed by atoms with Crippen molar-refractivity contribution in [3.05, 3.63) is 106 Å². The summed E-state index contributed by atoms with van der Waals surface area (Å²) in [7, 11) is 0. The first-order valence-corrected chi connectivity index (χ1v) is 13.1. The van der Waals surface area contributed by atoms with Crippen molar-refractivity contribution < 1.29 is 23.8 Å². The number of benzene rings is 3. The van der Waals surface area contributed by atoms with Crippen LogP contribution < -0.4 is 10.3 Å². The van der Waals surface area contributed by atoms with Crippen molar-refractivity contribution in [2.45, 2.75) is 32.1 Å². The normalized spacial score (nSPS) is 17.2. The minimum absolute atomic E-state index is 0.0848. The topological polar surface area (TPSA) is 96.7 Å². The quantitative estimate of drug-likeness (QED) is 0.293. The predicted octanol–water partition coefficient (Wildman–Crippen LogP) is 4.86. The van der Waals surface area contributed by atoms with Crippen LogP contribution in [-0.4, -0.2) is 28.1 Å². The molecule has 8 nitrogen and oxygen atoms in total. The Labute approximate surface area is 228 Å². The van der Waals surface area contributed by atoms with Crippen LogP contribution in [0.3, 0.4) is 0 Å². The van der Waals surface area contributed by atoms with Crippen LogP contribution in [0.5, 0.6) is 5.75 Å². The summed E-state index contributed by atoms with van der Waals surface area (Å²) in [6.45, 7) is 1.48. The number of cyclic esters (lactones) is 1. The fraction of sp³-hybridized carbons (Fsp3) is 0.188. The van der Waals surface area contributed by atoms with Gasteiger partial charge in [-0.15, -0.1) is 0 Å². The molecule has 0 radical (unpaired) electrons. The molecule has 5 aromatic rings. The predicted molar refractivity (Wildman–Crippen MR) is 148 cm³/mol. The first-order valence-electron chi connectivity index (χ1n) is 13.1. The lowest BCUT2D eigenvalue weighted by atomic mass is 9.85. The van der Waals surface area contributed by atoms with Gasteiger partial charge < -0.3 is 18.8 Å². The smallest absolute Gasteiger partial charge is 0.355 e. The summed E-state index contributed by atoms with van der Waals surface area (Å²) in [6, 6.07) is 24.9. The number of nitrogens with zero attached hydrogens (tertiary/aromatic N) is 2. The zero-order valence-electron chi connectivity index (χ0n) is 21.7. The van der Waals surface area contributed by atoms with Crippen molar-refractivity contribution in [1.82, 2.24) is 9.55 Å². The molecule has 1 atom stereocenters. The van der Waals surface area contributed by atoms with Gasteiger partial charge in [0, 0.05) is 16.5 Å². The van der Waals surface area contributed by atoms with Crippen LogP contribution in [0.2, 0.25) is 0 Å². The first kappa shape index (κ1) is 24.1. The molecule has 40 heavy (non-hydrogen) atoms. The zero-order chi connectivity index (χ0) is 27.4. The second-order valence-electron chi connectivity index (χ2n) is 10.0. The van der Waals surface area contributed by atoms with Crippen molar-refractivity contribution >= 4 is 33.6 Å². The zero-order valence-corrected chi connectivity index (χ0v) is 21.7. The lowest BCUT2D eigenvalue weighted by molar-refractivity contribution is -0.190. The number of fused-ring (bicyclic) bond motifs is 6. The number of rotatable bonds is 5. The number of carbonyl (C=O) groups is 2. The number of hydrogen-bond donors (Lipinski definition) is 0. The highest BCUT2D eigenvalue weighted by Gasteiger charge is 2.50. The Morgan fingerprint density at radius 3 is 2.58 bits per heavy atom. The number of aromatic nitrogens is 2. The third kappa shape index (κ3) is 3.67. The third-order valence-electron chi connectivity index (χ3n) is 7.75. The second-order valence-corrected chi connectivity index (χ2v) is 10.0. The van der Waals surface area contributed by atoms with E-state index < -0.39 is 24.1 Å². The van der Waals surface area contributed by atoms with Gasteiger partial charge in [0.15, 0.2) is 6.61 Å². The molecule has 0 N–H and O–H groups in total. The number of pyridine rings is 2. The Kier molecular flexibility index (Phi) is 5.45. The molecule has 3 aromatic carbocycles. The largest absolute Gasteiger partial charge is 0.482 e. The molecular formula is C32H24N2O6. The van der Waals surface area contributed by atoms with Crippen LogP contribution in [0.25, 0.3) is 33.1 Å². The summed E-state index contributed by atoms with van der Waals surface area (Å²) < 4.78 is 18.6. The molecule has 0 saturated carbocycles. The molecule has 0 bridgehead atoms. The average Bonchev–Trinajstić information content (AvgIpc) is 3.34. The first-order chi connectivity index (χ1) is 19.5. The van der Waals surface area contributed by atoms with E-state index in [1.165, 1.54) is 0 Å². The molecule has 4 heterocycles. The minimum atomic E-state index is -1.77. The van der Waals surface area contributed by atoms with Gasteiger partial charge in [0.25, 0.3) is 5.56 Å². The molecule has 0 fully saturated rings. The van der Waals surface area contributed by atoms with E-state index >= 15 is 0 Å². The maximum atomic E-state index is 13.7. The Balaban J connectivity index is 1.24. The number of ether oxygens (including phenoxy) is 3. The van der Waals surface area contributed by atoms with E-state index in [9.17, 15) is 14.4 Å². The molecule has 7 rings (SSSR count). The summed E-state index contributed by atoms with van der Waals surface area (Å²) in [6.07, 6.45) is 0.0848. The molecule has 2 aliphatic rings. The van der Waals surface area contributed by atoms with E-state index in [4.69, 9.17) is 19.2 Å². The number of esters is 2. The monoisotopic (exact) mass is 532 g/mol. The molecule has 0 unspecified atom stereocenters. The Morgan fingerprint density at radius 1 is 0.975 bits per heavy atom. The van der Waals surface area contributed by atoms with Gasteiger partial charge in [-0.25, -0.2) is 14.6 Å². The summed E-state index contributed by atoms with van der Waals surface area (Å²) in [5.41, 5.74) is 1.55. The average molecular weight is 533 g/mol. The van der Waals surface area contributed by atoms with Crippen molar-refractivity contribution in [1.29, 1.82) is 0 Å². The SMILES string of the molecule is CC[C@@]1(OC(=O)COc2ccc3ccccc3c2)C(=O)OCc2c1cc1n(c2=O)Cc2cc3ccccc3nc2-1. The van der Waals surface area contributed by atoms with Crippen LogP contribution in [0.4, 0.5) is 0 Å². The molecular weight excluding hydrogens is 508 g/mol. The van der Waals surface area contributed by atoms with Crippen molar-refractivity contribution in [2.75, 3.05) is 6.61 Å². The fourth-order valence-electron chi connectivity index (χ4n) is 5.71. The Bertz CT molecular complexity index is 1930. The van der Waals surface area contributed by atoms with Gasteiger partial charge in [-0.3, -0.25) is 4.79 Å². The van der Waals surface area contributed by atoms with E-state index in [0.717, 1.165) is 27.2 Å². The molecule has 2 aromatic heterocycles. The van der Waals surface area contributed by atoms with Crippen LogP contribution in [0.15, 0.2) is 83.7 Å². The van der Waals surface area contributed by atoms with Gasteiger partial charge in [0.1, 0.15) is 12.4 Å². The number of carbonyl (C=O) groups excluding carboxylic acids is 2. The lowest BCUT2D eigenvalue weighted by Gasteiger charge is -2.35. The van der Waals surface area contributed by atoms with E-state index in [2.05, 4.69) is 0 Å². The summed E-state index contributed by atoms with van der Waals surface area (Å²) in [5, 5.41) is 3.00. The third-order valence-corrected chi connectivity index (χ3v) is 7.75. The number of para-hydroxylation sites is 1. The Hall–Kier alpha value is -4.98. The van der Waals surface area contributed by atoms with Crippen LogP contribution >= 0.6 is 0 Å². The highest BCUT2D eigenvalue weighted by atomic mass is 16.6. The van der Waals surface area contributed by atoms with Crippen molar-refractivity contribution in [3.63, 3.8) is 0 Å². The maximum Gasteiger partial charge on any atom is 0.355 e. The summed E-state index contributed by atoms with van der Waals surface area (Å²) in [5.74, 6) is -0.959. The maximum absolute atomic E-state index is 13.7. The minimum Gasteiger partial charge on any atom is -0.482 e. The van der Waals surface area contributed by atoms with Gasteiger partial charge >= 0.3 is 11.9 Å². The van der Waals surface area contributed by atoms with Gasteiger partial charge in [-0.05, 0) is 47.5 Å². The van der Waals surface area contributed by atoms with E-state index in [1.54, 1.807) is 23.6 Å². The summed E-state index contributed by atoms with van der Waals surface area (Å²) in [4.78, 5) is 44.8. The number of hydrogen-bond acceptors (Lipinski definition) is 7. The van der Waals surface area contributed by atoms with Crippen molar-refractivity contribution in [2.24, 2.45) is 0 Å². The van der Waals surface area contributed by atoms with Crippen LogP contribution in [0, 0.1) is 0 Å². The molecule has 0 aliphatic carbocycles. The van der Waals surface area contributed by atoms with Gasteiger partial charge in [0.05, 0.1) is 29.0 Å². The van der Waals surface area contributed by atoms with Crippen molar-refractivity contribution in [3.8, 4) is 17.1 Å². The van der Waals surface area contributed by atoms with Crippen LogP contribution in [-0.2, 0) is 37.8 Å². The standard InChI is InChI=1S/C32H24N2O6/c1-2-32(40-28(35)18-38-23-12-11-19-7-3-4-8-20(19)14-23)25-15-27-29-22(13-21-9-5-6-10-26(21)33-29)16-34(27)30(36)24(25)17-39-31(32)37/h3-15H,2,16-18H2,1H3/t32-/m0/s1. The Morgan fingerprint density at radius 2 is 1.75 bits per heavy atom. The molecule has 8 heteroatoms. The van der Waals surface area contributed by atoms with E-state index in [-0.39, 0.29) is 18.6 Å². The highest BCUT2D eigenvalue weighted by Crippen LogP contribution is 2.41. The molecule has 2 aliphatic heterocycles. The lowest BCUT2D eigenvalue weighted by Crippen LogP contribution is -2.48. The molecule has 0 amide bonds. The second kappa shape index (κ2) is 9.05. The van der Waals surface area contributed by atoms with Gasteiger partial charge in [0.2, 0.25) is 5.60 Å². The van der Waals surface area contributed by atoms with Gasteiger partial charge in [-0.2, -0.15) is 0 Å².